The predicted molar refractivity (Wildman–Crippen MR) is 114 cm³/mol. The second-order valence-electron chi connectivity index (χ2n) is 7.61. The van der Waals surface area contributed by atoms with Gasteiger partial charge in [0.25, 0.3) is 5.91 Å². The minimum Gasteiger partial charge on any atom is -0.367 e. The highest BCUT2D eigenvalue weighted by Crippen LogP contribution is 2.28. The number of carbonyl (C=O) groups excluding carboxylic acids is 1. The van der Waals surface area contributed by atoms with Gasteiger partial charge in [0.1, 0.15) is 5.52 Å². The Balaban J connectivity index is 1.51. The number of piperazine rings is 1. The van der Waals surface area contributed by atoms with Gasteiger partial charge in [0.15, 0.2) is 17.2 Å². The van der Waals surface area contributed by atoms with Gasteiger partial charge < -0.3 is 15.5 Å². The molecule has 5 heterocycles. The fourth-order valence-corrected chi connectivity index (χ4v) is 3.91. The van der Waals surface area contributed by atoms with Crippen LogP contribution >= 0.6 is 0 Å². The summed E-state index contributed by atoms with van der Waals surface area (Å²) >= 11 is 0. The van der Waals surface area contributed by atoms with Gasteiger partial charge in [-0.1, -0.05) is 0 Å². The molecule has 4 aromatic rings. The minimum absolute atomic E-state index is 0.283. The van der Waals surface area contributed by atoms with E-state index in [1.165, 1.54) is 0 Å². The Labute approximate surface area is 172 Å². The Bertz CT molecular complexity index is 1270. The molecule has 0 aliphatic carbocycles. The fourth-order valence-electron chi connectivity index (χ4n) is 3.91. The summed E-state index contributed by atoms with van der Waals surface area (Å²) in [6.07, 6.45) is 5.54. The molecule has 0 spiro atoms. The second kappa shape index (κ2) is 7.06. The second-order valence-corrected chi connectivity index (χ2v) is 7.61. The third-order valence-electron chi connectivity index (χ3n) is 5.29. The third kappa shape index (κ3) is 3.14. The van der Waals surface area contributed by atoms with E-state index in [-0.39, 0.29) is 11.6 Å². The average Bonchev–Trinajstić information content (AvgIpc) is 3.29. The Morgan fingerprint density at radius 3 is 2.77 bits per heavy atom. The van der Waals surface area contributed by atoms with E-state index in [9.17, 15) is 4.79 Å². The van der Waals surface area contributed by atoms with Gasteiger partial charge >= 0.3 is 0 Å². The summed E-state index contributed by atoms with van der Waals surface area (Å²) in [7, 11) is 1.85. The number of rotatable bonds is 3. The van der Waals surface area contributed by atoms with Crippen molar-refractivity contribution in [1.82, 2.24) is 34.7 Å². The van der Waals surface area contributed by atoms with Gasteiger partial charge in [-0.15, -0.1) is 5.10 Å². The Morgan fingerprint density at radius 1 is 1.17 bits per heavy atom. The van der Waals surface area contributed by atoms with Gasteiger partial charge in [0, 0.05) is 44.8 Å². The van der Waals surface area contributed by atoms with E-state index >= 15 is 0 Å². The fraction of sp³-hybridized carbons (Fsp3) is 0.350. The number of fused-ring (bicyclic) bond motifs is 2. The SMILES string of the molecule is Cc1cn2nc(NC(=O)c3ncc(N4CCNCC4)c4cn(C)nc34)cc(C)c2n1. The molecule has 4 aromatic heterocycles. The molecule has 10 nitrogen and oxygen atoms in total. The molecule has 2 N–H and O–H groups in total. The molecule has 0 saturated carbocycles. The molecule has 0 atom stereocenters. The highest BCUT2D eigenvalue weighted by molar-refractivity contribution is 6.11. The van der Waals surface area contributed by atoms with Crippen LogP contribution in [-0.4, -0.2) is 61.4 Å². The van der Waals surface area contributed by atoms with Crippen LogP contribution < -0.4 is 15.5 Å². The zero-order chi connectivity index (χ0) is 20.8. The number of aromatic nitrogens is 6. The van der Waals surface area contributed by atoms with Gasteiger partial charge in [0.2, 0.25) is 0 Å². The van der Waals surface area contributed by atoms with Crippen molar-refractivity contribution in [2.45, 2.75) is 13.8 Å². The Morgan fingerprint density at radius 2 is 1.97 bits per heavy atom. The minimum atomic E-state index is -0.339. The normalized spacial score (nSPS) is 14.6. The molecule has 1 saturated heterocycles. The standard InChI is InChI=1S/C20H23N9O/c1-12-8-16(25-29-10-13(2)23-19(12)29)24-20(30)18-17-14(11-27(3)26-17)15(9-22-18)28-6-4-21-5-7-28/h8-11,21H,4-7H2,1-3H3,(H,24,25,30). The highest BCUT2D eigenvalue weighted by Gasteiger charge is 2.22. The van der Waals surface area contributed by atoms with E-state index in [0.29, 0.717) is 11.3 Å². The number of carbonyl (C=O) groups is 1. The zero-order valence-electron chi connectivity index (χ0n) is 17.2. The summed E-state index contributed by atoms with van der Waals surface area (Å²) in [5, 5.41) is 16.1. The molecule has 0 unspecified atom stereocenters. The molecule has 154 valence electrons. The molecule has 1 aliphatic heterocycles. The maximum atomic E-state index is 13.1. The van der Waals surface area contributed by atoms with E-state index < -0.39 is 0 Å². The molecule has 30 heavy (non-hydrogen) atoms. The maximum absolute atomic E-state index is 13.1. The summed E-state index contributed by atoms with van der Waals surface area (Å²) in [6.45, 7) is 7.48. The van der Waals surface area contributed by atoms with E-state index in [2.05, 4.69) is 35.7 Å². The molecule has 0 aromatic carbocycles. The van der Waals surface area contributed by atoms with E-state index in [1.807, 2.05) is 39.4 Å². The molecule has 0 bridgehead atoms. The number of hydrogen-bond acceptors (Lipinski definition) is 7. The van der Waals surface area contributed by atoms with Crippen molar-refractivity contribution in [1.29, 1.82) is 0 Å². The van der Waals surface area contributed by atoms with Crippen LogP contribution in [0.25, 0.3) is 16.6 Å². The summed E-state index contributed by atoms with van der Waals surface area (Å²) in [5.74, 6) is 0.105. The number of aryl methyl sites for hydroxylation is 3. The molecule has 1 fully saturated rings. The first-order chi connectivity index (χ1) is 14.5. The molecule has 10 heteroatoms. The van der Waals surface area contributed by atoms with Crippen LogP contribution in [0.2, 0.25) is 0 Å². The first-order valence-electron chi connectivity index (χ1n) is 9.92. The third-order valence-corrected chi connectivity index (χ3v) is 5.29. The van der Waals surface area contributed by atoms with Crippen molar-refractivity contribution in [2.24, 2.45) is 7.05 Å². The molecule has 1 aliphatic rings. The quantitative estimate of drug-likeness (QED) is 0.529. The molecule has 5 rings (SSSR count). The number of imidazole rings is 1. The van der Waals surface area contributed by atoms with Crippen LogP contribution in [0.5, 0.6) is 0 Å². The summed E-state index contributed by atoms with van der Waals surface area (Å²) in [6, 6.07) is 1.81. The van der Waals surface area contributed by atoms with Gasteiger partial charge in [0.05, 0.1) is 23.8 Å². The van der Waals surface area contributed by atoms with Crippen LogP contribution in [0.1, 0.15) is 21.7 Å². The number of nitrogens with zero attached hydrogens (tertiary/aromatic N) is 7. The molecule has 1 amide bonds. The highest BCUT2D eigenvalue weighted by atomic mass is 16.2. The monoisotopic (exact) mass is 405 g/mol. The predicted octanol–water partition coefficient (Wildman–Crippen LogP) is 1.29. The largest absolute Gasteiger partial charge is 0.367 e. The number of pyridine rings is 1. The van der Waals surface area contributed by atoms with Crippen molar-refractivity contribution in [3.8, 4) is 0 Å². The summed E-state index contributed by atoms with van der Waals surface area (Å²) in [4.78, 5) is 24.3. The summed E-state index contributed by atoms with van der Waals surface area (Å²) < 4.78 is 3.40. The first kappa shape index (κ1) is 18.5. The van der Waals surface area contributed by atoms with Crippen molar-refractivity contribution in [2.75, 3.05) is 36.4 Å². The summed E-state index contributed by atoms with van der Waals surface area (Å²) in [5.41, 5.74) is 4.44. The first-order valence-corrected chi connectivity index (χ1v) is 9.92. The lowest BCUT2D eigenvalue weighted by molar-refractivity contribution is 0.102. The van der Waals surface area contributed by atoms with Gasteiger partial charge in [-0.2, -0.15) is 5.10 Å². The average molecular weight is 405 g/mol. The van der Waals surface area contributed by atoms with Crippen molar-refractivity contribution >= 4 is 34.0 Å². The smallest absolute Gasteiger partial charge is 0.277 e. The molecular formula is C20H23N9O. The van der Waals surface area contributed by atoms with Crippen molar-refractivity contribution < 1.29 is 4.79 Å². The molecule has 0 radical (unpaired) electrons. The van der Waals surface area contributed by atoms with E-state index in [0.717, 1.165) is 54.2 Å². The lowest BCUT2D eigenvalue weighted by atomic mass is 10.2. The number of hydrogen-bond donors (Lipinski definition) is 2. The Hall–Kier alpha value is -3.53. The van der Waals surface area contributed by atoms with Crippen molar-refractivity contribution in [3.63, 3.8) is 0 Å². The van der Waals surface area contributed by atoms with Gasteiger partial charge in [-0.25, -0.2) is 14.5 Å². The maximum Gasteiger partial charge on any atom is 0.277 e. The number of amides is 1. The van der Waals surface area contributed by atoms with Gasteiger partial charge in [-0.05, 0) is 25.5 Å². The van der Waals surface area contributed by atoms with Crippen LogP contribution in [0.15, 0.2) is 24.7 Å². The Kier molecular flexibility index (Phi) is 4.35. The number of nitrogens with one attached hydrogen (secondary N) is 2. The lowest BCUT2D eigenvalue weighted by Gasteiger charge is -2.29. The van der Waals surface area contributed by atoms with Crippen LogP contribution in [-0.2, 0) is 7.05 Å². The lowest BCUT2D eigenvalue weighted by Crippen LogP contribution is -2.43. The van der Waals surface area contributed by atoms with Crippen LogP contribution in [0.4, 0.5) is 11.5 Å². The van der Waals surface area contributed by atoms with Crippen molar-refractivity contribution in [3.05, 3.63) is 41.6 Å². The zero-order valence-corrected chi connectivity index (χ0v) is 17.2. The number of anilines is 2. The molecular weight excluding hydrogens is 382 g/mol. The topological polar surface area (TPSA) is 105 Å². The van der Waals surface area contributed by atoms with E-state index in [4.69, 9.17) is 0 Å². The van der Waals surface area contributed by atoms with E-state index in [1.54, 1.807) is 15.4 Å². The van der Waals surface area contributed by atoms with Gasteiger partial charge in [-0.3, -0.25) is 9.48 Å². The van der Waals surface area contributed by atoms with Crippen LogP contribution in [0, 0.1) is 13.8 Å². The van der Waals surface area contributed by atoms with Crippen LogP contribution in [0.3, 0.4) is 0 Å².